The number of esters is 1. The van der Waals surface area contributed by atoms with Crippen LogP contribution in [0, 0.1) is 0 Å². The first kappa shape index (κ1) is 16.2. The van der Waals surface area contributed by atoms with Crippen molar-refractivity contribution in [3.05, 3.63) is 64.7 Å². The molecule has 0 saturated carbocycles. The highest BCUT2D eigenvalue weighted by Gasteiger charge is 2.24. The third-order valence-corrected chi connectivity index (χ3v) is 4.09. The highest BCUT2D eigenvalue weighted by Crippen LogP contribution is 2.30. The maximum atomic E-state index is 12.9. The molecule has 1 aliphatic rings. The topological polar surface area (TPSA) is 66.8 Å². The van der Waals surface area contributed by atoms with E-state index in [4.69, 9.17) is 9.84 Å². The van der Waals surface area contributed by atoms with E-state index in [9.17, 15) is 9.59 Å². The Kier molecular flexibility index (Phi) is 4.62. The number of benzene rings is 2. The molecule has 0 aromatic heterocycles. The average Bonchev–Trinajstić information content (AvgIpc) is 2.69. The molecule has 2 aromatic rings. The maximum absolute atomic E-state index is 12.9. The summed E-state index contributed by atoms with van der Waals surface area (Å²) in [6.45, 7) is 0.446. The predicted octanol–water partition coefficient (Wildman–Crippen LogP) is 1.95. The third-order valence-electron chi connectivity index (χ3n) is 4.09. The molecule has 124 valence electrons. The molecule has 5 nitrogen and oxygen atoms in total. The van der Waals surface area contributed by atoms with Crippen LogP contribution in [0.25, 0.3) is 0 Å². The third kappa shape index (κ3) is 3.16. The monoisotopic (exact) mass is 325 g/mol. The van der Waals surface area contributed by atoms with Gasteiger partial charge in [-0.2, -0.15) is 0 Å². The number of hydrogen-bond donors (Lipinski definition) is 1. The molecule has 0 amide bonds. The van der Waals surface area contributed by atoms with Crippen molar-refractivity contribution < 1.29 is 19.4 Å². The lowest BCUT2D eigenvalue weighted by molar-refractivity contribution is -0.143. The zero-order valence-electron chi connectivity index (χ0n) is 13.5. The Morgan fingerprint density at radius 2 is 2.00 bits per heavy atom. The molecule has 5 heteroatoms. The van der Waals surface area contributed by atoms with E-state index in [-0.39, 0.29) is 25.4 Å². The van der Waals surface area contributed by atoms with Crippen LogP contribution in [-0.2, 0) is 22.5 Å². The van der Waals surface area contributed by atoms with Crippen molar-refractivity contribution in [2.75, 3.05) is 25.2 Å². The Hall–Kier alpha value is -2.66. The van der Waals surface area contributed by atoms with Crippen molar-refractivity contribution in [2.45, 2.75) is 13.0 Å². The lowest BCUT2D eigenvalue weighted by Crippen LogP contribution is -2.17. The maximum Gasteiger partial charge on any atom is 0.310 e. The minimum absolute atomic E-state index is 0.0151. The van der Waals surface area contributed by atoms with Crippen LogP contribution in [0.5, 0.6) is 0 Å². The number of hydrogen-bond acceptors (Lipinski definition) is 5. The van der Waals surface area contributed by atoms with Crippen molar-refractivity contribution in [1.82, 2.24) is 0 Å². The first-order valence-electron chi connectivity index (χ1n) is 7.83. The average molecular weight is 325 g/mol. The quantitative estimate of drug-likeness (QED) is 0.870. The van der Waals surface area contributed by atoms with E-state index in [0.29, 0.717) is 17.7 Å². The van der Waals surface area contributed by atoms with Crippen LogP contribution in [0.3, 0.4) is 0 Å². The van der Waals surface area contributed by atoms with E-state index >= 15 is 0 Å². The molecule has 1 N–H and O–H groups in total. The largest absolute Gasteiger partial charge is 0.463 e. The normalized spacial score (nSPS) is 13.1. The molecule has 1 aliphatic heterocycles. The van der Waals surface area contributed by atoms with Gasteiger partial charge in [-0.15, -0.1) is 0 Å². The molecular weight excluding hydrogens is 306 g/mol. The van der Waals surface area contributed by atoms with Gasteiger partial charge in [-0.3, -0.25) is 9.59 Å². The van der Waals surface area contributed by atoms with Gasteiger partial charge in [0.2, 0.25) is 0 Å². The van der Waals surface area contributed by atoms with Gasteiger partial charge in [-0.25, -0.2) is 0 Å². The van der Waals surface area contributed by atoms with Gasteiger partial charge in [0.25, 0.3) is 0 Å². The van der Waals surface area contributed by atoms with Gasteiger partial charge < -0.3 is 14.7 Å². The summed E-state index contributed by atoms with van der Waals surface area (Å²) in [7, 11) is 1.95. The van der Waals surface area contributed by atoms with Crippen LogP contribution in [0.2, 0.25) is 0 Å². The number of fused-ring (bicyclic) bond motifs is 2. The number of nitrogens with zero attached hydrogens (tertiary/aromatic N) is 1. The van der Waals surface area contributed by atoms with Gasteiger partial charge in [-0.1, -0.05) is 30.3 Å². The van der Waals surface area contributed by atoms with Crippen LogP contribution < -0.4 is 4.90 Å². The van der Waals surface area contributed by atoms with Crippen LogP contribution >= 0.6 is 0 Å². The molecule has 0 atom stereocenters. The lowest BCUT2D eigenvalue weighted by atomic mass is 9.97. The summed E-state index contributed by atoms with van der Waals surface area (Å²) in [5.41, 5.74) is 3.85. The molecule has 0 unspecified atom stereocenters. The first-order chi connectivity index (χ1) is 11.6. The number of carbonyl (C=O) groups is 2. The summed E-state index contributed by atoms with van der Waals surface area (Å²) in [6, 6.07) is 13.0. The van der Waals surface area contributed by atoms with Crippen LogP contribution in [0.1, 0.15) is 27.0 Å². The highest BCUT2D eigenvalue weighted by atomic mass is 16.5. The van der Waals surface area contributed by atoms with Crippen molar-refractivity contribution >= 4 is 17.4 Å². The van der Waals surface area contributed by atoms with Gasteiger partial charge in [0.15, 0.2) is 5.78 Å². The van der Waals surface area contributed by atoms with Crippen LogP contribution in [0.15, 0.2) is 42.5 Å². The van der Waals surface area contributed by atoms with Gasteiger partial charge >= 0.3 is 5.97 Å². The summed E-state index contributed by atoms with van der Waals surface area (Å²) in [5.74, 6) is -0.450. The molecule has 0 bridgehead atoms. The Morgan fingerprint density at radius 1 is 1.21 bits per heavy atom. The van der Waals surface area contributed by atoms with E-state index in [0.717, 1.165) is 16.8 Å². The molecule has 0 fully saturated rings. The second-order valence-electron chi connectivity index (χ2n) is 5.81. The van der Waals surface area contributed by atoms with E-state index in [1.165, 1.54) is 0 Å². The molecule has 1 heterocycles. The molecule has 0 saturated heterocycles. The zero-order valence-corrected chi connectivity index (χ0v) is 13.5. The van der Waals surface area contributed by atoms with Gasteiger partial charge in [0.1, 0.15) is 6.61 Å². The molecular formula is C19H19NO4. The van der Waals surface area contributed by atoms with Gasteiger partial charge in [-0.05, 0) is 23.3 Å². The molecule has 0 spiro atoms. The smallest absolute Gasteiger partial charge is 0.310 e. The second-order valence-corrected chi connectivity index (χ2v) is 5.81. The van der Waals surface area contributed by atoms with Crippen molar-refractivity contribution in [2.24, 2.45) is 0 Å². The number of carbonyl (C=O) groups excluding carboxylic acids is 2. The fourth-order valence-corrected chi connectivity index (χ4v) is 2.95. The Bertz CT molecular complexity index is 785. The highest BCUT2D eigenvalue weighted by molar-refractivity contribution is 6.14. The SMILES string of the molecule is CN1Cc2ccccc2C(=O)c2cc(CC(=O)OCCO)ccc21. The van der Waals surface area contributed by atoms with Crippen LogP contribution in [0.4, 0.5) is 5.69 Å². The van der Waals surface area contributed by atoms with E-state index in [1.807, 2.05) is 48.3 Å². The van der Waals surface area contributed by atoms with E-state index in [2.05, 4.69) is 0 Å². The fraction of sp³-hybridized carbons (Fsp3) is 0.263. The molecule has 24 heavy (non-hydrogen) atoms. The summed E-state index contributed by atoms with van der Waals surface area (Å²) in [5, 5.41) is 8.70. The van der Waals surface area contributed by atoms with Gasteiger partial charge in [0, 0.05) is 30.4 Å². The Balaban J connectivity index is 1.94. The molecule has 0 aliphatic carbocycles. The minimum atomic E-state index is -0.418. The summed E-state index contributed by atoms with van der Waals surface area (Å²) < 4.78 is 4.88. The summed E-state index contributed by atoms with van der Waals surface area (Å²) >= 11 is 0. The predicted molar refractivity (Wildman–Crippen MR) is 90.2 cm³/mol. The molecule has 2 aromatic carbocycles. The number of ether oxygens (including phenoxy) is 1. The number of ketones is 1. The van der Waals surface area contributed by atoms with E-state index < -0.39 is 5.97 Å². The summed E-state index contributed by atoms with van der Waals surface area (Å²) in [6.07, 6.45) is 0.0753. The van der Waals surface area contributed by atoms with Crippen molar-refractivity contribution in [1.29, 1.82) is 0 Å². The number of aliphatic hydroxyl groups is 1. The standard InChI is InChI=1S/C19H19NO4/c1-20-12-14-4-2-3-5-15(14)19(23)16-10-13(6-7-17(16)20)11-18(22)24-9-8-21/h2-7,10,21H,8-9,11-12H2,1H3. The van der Waals surface area contributed by atoms with E-state index in [1.54, 1.807) is 6.07 Å². The number of rotatable bonds is 4. The van der Waals surface area contributed by atoms with Crippen molar-refractivity contribution in [3.8, 4) is 0 Å². The minimum Gasteiger partial charge on any atom is -0.463 e. The molecule has 3 rings (SSSR count). The van der Waals surface area contributed by atoms with Gasteiger partial charge in [0.05, 0.1) is 13.0 Å². The second kappa shape index (κ2) is 6.84. The number of anilines is 1. The van der Waals surface area contributed by atoms with Crippen LogP contribution in [-0.4, -0.2) is 37.1 Å². The lowest BCUT2D eigenvalue weighted by Gasteiger charge is -2.19. The zero-order chi connectivity index (χ0) is 17.1. The fourth-order valence-electron chi connectivity index (χ4n) is 2.95. The molecule has 0 radical (unpaired) electrons. The summed E-state index contributed by atoms with van der Waals surface area (Å²) in [4.78, 5) is 26.7. The first-order valence-corrected chi connectivity index (χ1v) is 7.83. The Labute approximate surface area is 140 Å². The van der Waals surface area contributed by atoms with Crippen molar-refractivity contribution in [3.63, 3.8) is 0 Å². The number of aliphatic hydroxyl groups excluding tert-OH is 1. The Morgan fingerprint density at radius 3 is 2.79 bits per heavy atom.